The zero-order valence-electron chi connectivity index (χ0n) is 11.0. The molecule has 2 N–H and O–H groups in total. The first-order valence-corrected chi connectivity index (χ1v) is 7.66. The van der Waals surface area contributed by atoms with Crippen LogP contribution in [0.2, 0.25) is 0 Å². The molecule has 1 aliphatic heterocycles. The van der Waals surface area contributed by atoms with Crippen molar-refractivity contribution in [1.29, 1.82) is 0 Å². The monoisotopic (exact) mass is 308 g/mol. The number of halogens is 1. The number of thiophene rings is 1. The number of benzene rings is 1. The van der Waals surface area contributed by atoms with Crippen molar-refractivity contribution in [2.24, 2.45) is 0 Å². The number of carbonyl (C=O) groups is 1. The lowest BCUT2D eigenvalue weighted by atomic mass is 9.98. The second-order valence-corrected chi connectivity index (χ2v) is 6.56. The van der Waals surface area contributed by atoms with E-state index in [0.717, 1.165) is 25.8 Å². The van der Waals surface area contributed by atoms with Crippen LogP contribution in [0.15, 0.2) is 24.3 Å². The maximum absolute atomic E-state index is 12.1. The van der Waals surface area contributed by atoms with Crippen LogP contribution in [0.5, 0.6) is 0 Å². The first-order valence-electron chi connectivity index (χ1n) is 6.84. The smallest absolute Gasteiger partial charge is 0.237 e. The summed E-state index contributed by atoms with van der Waals surface area (Å²) in [5.74, 6) is 0.170. The van der Waals surface area contributed by atoms with Crippen LogP contribution in [-0.2, 0) is 17.8 Å². The number of carbonyl (C=O) groups excluding carboxylic acids is 1. The molecule has 1 fully saturated rings. The Bertz CT molecular complexity index is 650. The van der Waals surface area contributed by atoms with Gasteiger partial charge in [0.1, 0.15) is 0 Å². The largest absolute Gasteiger partial charge is 0.352 e. The number of hydrogen-bond donors (Lipinski definition) is 2. The third-order valence-corrected chi connectivity index (χ3v) is 5.15. The molecular weight excluding hydrogens is 292 g/mol. The minimum absolute atomic E-state index is 0. The van der Waals surface area contributed by atoms with Crippen LogP contribution >= 0.6 is 23.7 Å². The van der Waals surface area contributed by atoms with Crippen molar-refractivity contribution in [2.75, 3.05) is 0 Å². The molecule has 4 rings (SSSR count). The van der Waals surface area contributed by atoms with Gasteiger partial charge in [0, 0.05) is 22.2 Å². The normalized spacial score (nSPS) is 21.1. The lowest BCUT2D eigenvalue weighted by Crippen LogP contribution is -2.47. The second-order valence-electron chi connectivity index (χ2n) is 5.42. The Balaban J connectivity index is 0.00000121. The summed E-state index contributed by atoms with van der Waals surface area (Å²) >= 11 is 1.85. The first-order chi connectivity index (χ1) is 9.31. The summed E-state index contributed by atoms with van der Waals surface area (Å²) in [6.07, 6.45) is 3.11. The standard InChI is InChI=1S/C15H16N2OS.ClH/c18-15(17-9-5-6-9)12-7-11-10-3-1-2-4-13(10)19-14(11)8-16-12;/h1-4,9,12,16H,5-8H2,(H,17,18);1H/t12-;/m1./s1. The molecule has 1 atom stereocenters. The molecule has 0 unspecified atom stereocenters. The van der Waals surface area contributed by atoms with E-state index >= 15 is 0 Å². The Hall–Kier alpha value is -1.10. The van der Waals surface area contributed by atoms with Crippen molar-refractivity contribution >= 4 is 39.7 Å². The fourth-order valence-corrected chi connectivity index (χ4v) is 3.91. The topological polar surface area (TPSA) is 41.1 Å². The Morgan fingerprint density at radius 1 is 1.30 bits per heavy atom. The van der Waals surface area contributed by atoms with Gasteiger partial charge in [-0.3, -0.25) is 4.79 Å². The van der Waals surface area contributed by atoms with Crippen molar-refractivity contribution in [3.05, 3.63) is 34.7 Å². The molecule has 2 aromatic rings. The molecule has 0 saturated heterocycles. The van der Waals surface area contributed by atoms with Crippen molar-refractivity contribution in [1.82, 2.24) is 10.6 Å². The summed E-state index contributed by atoms with van der Waals surface area (Å²) in [4.78, 5) is 13.5. The summed E-state index contributed by atoms with van der Waals surface area (Å²) in [6.45, 7) is 0.817. The van der Waals surface area contributed by atoms with Crippen LogP contribution in [0.4, 0.5) is 0 Å². The average molecular weight is 309 g/mol. The molecule has 0 spiro atoms. The summed E-state index contributed by atoms with van der Waals surface area (Å²) in [7, 11) is 0. The summed E-state index contributed by atoms with van der Waals surface area (Å²) in [5.41, 5.74) is 1.37. The molecule has 3 nitrogen and oxygen atoms in total. The van der Waals surface area contributed by atoms with Gasteiger partial charge in [-0.2, -0.15) is 0 Å². The average Bonchev–Trinajstić information content (AvgIpc) is 3.17. The van der Waals surface area contributed by atoms with Crippen molar-refractivity contribution in [3.8, 4) is 0 Å². The predicted molar refractivity (Wildman–Crippen MR) is 84.6 cm³/mol. The van der Waals surface area contributed by atoms with Crippen LogP contribution < -0.4 is 10.6 Å². The van der Waals surface area contributed by atoms with Gasteiger partial charge in [-0.25, -0.2) is 0 Å². The number of nitrogens with one attached hydrogen (secondary N) is 2. The Morgan fingerprint density at radius 2 is 2.10 bits per heavy atom. The first kappa shape index (κ1) is 13.9. The van der Waals surface area contributed by atoms with Gasteiger partial charge in [0.2, 0.25) is 5.91 Å². The Kier molecular flexibility index (Phi) is 3.71. The molecular formula is C15H17ClN2OS. The Labute approximate surface area is 128 Å². The maximum Gasteiger partial charge on any atom is 0.237 e. The molecule has 1 aliphatic carbocycles. The Morgan fingerprint density at radius 3 is 2.90 bits per heavy atom. The van der Waals surface area contributed by atoms with E-state index in [1.807, 2.05) is 11.3 Å². The fourth-order valence-electron chi connectivity index (χ4n) is 2.72. The number of amides is 1. The number of hydrogen-bond acceptors (Lipinski definition) is 3. The molecule has 1 saturated carbocycles. The molecule has 1 aromatic heterocycles. The van der Waals surface area contributed by atoms with E-state index in [0.29, 0.717) is 6.04 Å². The summed E-state index contributed by atoms with van der Waals surface area (Å²) in [5, 5.41) is 7.79. The lowest BCUT2D eigenvalue weighted by Gasteiger charge is -2.23. The highest BCUT2D eigenvalue weighted by Gasteiger charge is 2.30. The highest BCUT2D eigenvalue weighted by molar-refractivity contribution is 7.19. The molecule has 1 aromatic carbocycles. The van der Waals surface area contributed by atoms with Crippen LogP contribution in [0, 0.1) is 0 Å². The highest BCUT2D eigenvalue weighted by atomic mass is 35.5. The lowest BCUT2D eigenvalue weighted by molar-refractivity contribution is -0.123. The molecule has 2 heterocycles. The van der Waals surface area contributed by atoms with E-state index in [2.05, 4.69) is 34.9 Å². The number of fused-ring (bicyclic) bond motifs is 3. The third kappa shape index (κ3) is 2.43. The van der Waals surface area contributed by atoms with E-state index in [1.54, 1.807) is 0 Å². The maximum atomic E-state index is 12.1. The SMILES string of the molecule is Cl.O=C(NC1CC1)[C@H]1Cc2c(sc3ccccc23)CN1. The highest BCUT2D eigenvalue weighted by Crippen LogP contribution is 2.34. The van der Waals surface area contributed by atoms with Crippen molar-refractivity contribution in [2.45, 2.75) is 37.9 Å². The molecule has 5 heteroatoms. The quantitative estimate of drug-likeness (QED) is 0.895. The van der Waals surface area contributed by atoms with Crippen molar-refractivity contribution in [3.63, 3.8) is 0 Å². The van der Waals surface area contributed by atoms with Crippen LogP contribution in [0.3, 0.4) is 0 Å². The van der Waals surface area contributed by atoms with Crippen LogP contribution in [0.25, 0.3) is 10.1 Å². The molecule has 106 valence electrons. The van der Waals surface area contributed by atoms with Crippen molar-refractivity contribution < 1.29 is 4.79 Å². The zero-order valence-corrected chi connectivity index (χ0v) is 12.7. The van der Waals surface area contributed by atoms with E-state index in [4.69, 9.17) is 0 Å². The minimum Gasteiger partial charge on any atom is -0.352 e. The van der Waals surface area contributed by atoms with Gasteiger partial charge in [-0.05, 0) is 36.3 Å². The van der Waals surface area contributed by atoms with E-state index < -0.39 is 0 Å². The molecule has 0 bridgehead atoms. The predicted octanol–water partition coefficient (Wildman–Crippen LogP) is 2.62. The van der Waals surface area contributed by atoms with Gasteiger partial charge in [0.05, 0.1) is 6.04 Å². The van der Waals surface area contributed by atoms with Gasteiger partial charge < -0.3 is 10.6 Å². The molecule has 20 heavy (non-hydrogen) atoms. The summed E-state index contributed by atoms with van der Waals surface area (Å²) < 4.78 is 1.33. The molecule has 1 amide bonds. The molecule has 0 radical (unpaired) electrons. The van der Waals surface area contributed by atoms with Gasteiger partial charge >= 0.3 is 0 Å². The minimum atomic E-state index is -0.0638. The number of rotatable bonds is 2. The van der Waals surface area contributed by atoms with Gasteiger partial charge in [-0.1, -0.05) is 18.2 Å². The molecule has 2 aliphatic rings. The van der Waals surface area contributed by atoms with Gasteiger partial charge in [0.25, 0.3) is 0 Å². The van der Waals surface area contributed by atoms with E-state index in [1.165, 1.54) is 20.5 Å². The summed E-state index contributed by atoms with van der Waals surface area (Å²) in [6, 6.07) is 8.87. The fraction of sp³-hybridized carbons (Fsp3) is 0.400. The third-order valence-electron chi connectivity index (χ3n) is 3.94. The van der Waals surface area contributed by atoms with Crippen LogP contribution in [0.1, 0.15) is 23.3 Å². The van der Waals surface area contributed by atoms with Gasteiger partial charge in [0.15, 0.2) is 0 Å². The van der Waals surface area contributed by atoms with Crippen LogP contribution in [-0.4, -0.2) is 18.0 Å². The van der Waals surface area contributed by atoms with Gasteiger partial charge in [-0.15, -0.1) is 23.7 Å². The second kappa shape index (κ2) is 5.35. The zero-order chi connectivity index (χ0) is 12.8. The van der Waals surface area contributed by atoms with E-state index in [9.17, 15) is 4.79 Å². The van der Waals surface area contributed by atoms with E-state index in [-0.39, 0.29) is 24.4 Å².